The number of amides is 1. The van der Waals surface area contributed by atoms with Crippen molar-refractivity contribution in [3.63, 3.8) is 0 Å². The molecule has 0 bridgehead atoms. The summed E-state index contributed by atoms with van der Waals surface area (Å²) in [6, 6.07) is 19.6. The number of aromatic nitrogens is 1. The molecule has 1 amide bonds. The maximum absolute atomic E-state index is 13.4. The Balaban J connectivity index is 1.52. The fourth-order valence-corrected chi connectivity index (χ4v) is 6.85. The molecule has 4 rings (SSSR count). The van der Waals surface area contributed by atoms with Crippen LogP contribution in [-0.2, 0) is 14.8 Å². The van der Waals surface area contributed by atoms with E-state index < -0.39 is 27.3 Å². The number of aliphatic hydroxyl groups excluding tert-OH is 1. The number of carbonyl (C=O) groups excluding carboxylic acids is 1. The molecule has 1 aliphatic heterocycles. The Morgan fingerprint density at radius 2 is 1.82 bits per heavy atom. The number of rotatable bonds is 8. The third-order valence-corrected chi connectivity index (χ3v) is 8.68. The maximum atomic E-state index is 13.4. The molecule has 9 heteroatoms. The van der Waals surface area contributed by atoms with Crippen LogP contribution in [-0.4, -0.2) is 53.0 Å². The Labute approximate surface area is 197 Å². The smallest absolute Gasteiger partial charge is 0.249 e. The first kappa shape index (κ1) is 23.4. The summed E-state index contributed by atoms with van der Waals surface area (Å²) in [5.41, 5.74) is 2.68. The monoisotopic (exact) mass is 483 g/mol. The topological polar surface area (TPSA) is 99.6 Å². The number of aliphatic hydroxyl groups is 1. The number of hydrogen-bond donors (Lipinski definition) is 2. The molecular formula is C24H25N3O4S2. The van der Waals surface area contributed by atoms with Gasteiger partial charge in [0.1, 0.15) is 5.37 Å². The van der Waals surface area contributed by atoms with E-state index in [0.29, 0.717) is 12.2 Å². The maximum Gasteiger partial charge on any atom is 0.249 e. The summed E-state index contributed by atoms with van der Waals surface area (Å²) in [5, 5.41) is 11.4. The second kappa shape index (κ2) is 10.5. The van der Waals surface area contributed by atoms with Gasteiger partial charge >= 0.3 is 0 Å². The van der Waals surface area contributed by atoms with Crippen LogP contribution in [0.4, 0.5) is 0 Å². The minimum Gasteiger partial charge on any atom is -0.396 e. The quantitative estimate of drug-likeness (QED) is 0.511. The fraction of sp³-hybridized carbons (Fsp3) is 0.250. The highest BCUT2D eigenvalue weighted by atomic mass is 32.2. The van der Waals surface area contributed by atoms with Gasteiger partial charge in [0.15, 0.2) is 0 Å². The van der Waals surface area contributed by atoms with E-state index in [0.717, 1.165) is 16.7 Å². The zero-order chi connectivity index (χ0) is 23.3. The van der Waals surface area contributed by atoms with E-state index in [9.17, 15) is 18.3 Å². The lowest BCUT2D eigenvalue weighted by molar-refractivity contribution is -0.123. The van der Waals surface area contributed by atoms with Crippen LogP contribution in [0.5, 0.6) is 0 Å². The van der Waals surface area contributed by atoms with E-state index >= 15 is 0 Å². The number of nitrogens with zero attached hydrogens (tertiary/aromatic N) is 2. The Bertz CT molecular complexity index is 1170. The van der Waals surface area contributed by atoms with E-state index in [4.69, 9.17) is 0 Å². The van der Waals surface area contributed by atoms with Crippen LogP contribution in [0.3, 0.4) is 0 Å². The third-order valence-electron chi connectivity index (χ3n) is 5.46. The molecular weight excluding hydrogens is 458 g/mol. The molecule has 2 atom stereocenters. The van der Waals surface area contributed by atoms with Crippen LogP contribution in [0.1, 0.15) is 18.0 Å². The van der Waals surface area contributed by atoms with Crippen molar-refractivity contribution in [2.75, 3.05) is 18.9 Å². The highest BCUT2D eigenvalue weighted by molar-refractivity contribution is 8.02. The van der Waals surface area contributed by atoms with Crippen LogP contribution in [0.25, 0.3) is 11.1 Å². The Hall–Kier alpha value is -2.72. The van der Waals surface area contributed by atoms with Crippen LogP contribution < -0.4 is 5.32 Å². The second-order valence-electron chi connectivity index (χ2n) is 7.59. The number of thioether (sulfide) groups is 1. The number of nitrogens with one attached hydrogen (secondary N) is 1. The highest BCUT2D eigenvalue weighted by Crippen LogP contribution is 2.32. The first-order valence-corrected chi connectivity index (χ1v) is 13.1. The Morgan fingerprint density at radius 1 is 1.09 bits per heavy atom. The van der Waals surface area contributed by atoms with Crippen molar-refractivity contribution in [2.45, 2.75) is 22.7 Å². The number of hydrogen-bond acceptors (Lipinski definition) is 6. The van der Waals surface area contributed by atoms with Crippen LogP contribution in [0.2, 0.25) is 0 Å². The van der Waals surface area contributed by atoms with E-state index in [-0.39, 0.29) is 18.0 Å². The van der Waals surface area contributed by atoms with Gasteiger partial charge in [0.2, 0.25) is 15.9 Å². The average Bonchev–Trinajstić information content (AvgIpc) is 3.36. The van der Waals surface area contributed by atoms with Gasteiger partial charge in [0.05, 0.1) is 10.9 Å². The number of sulfonamides is 1. The number of benzene rings is 2. The number of pyridine rings is 1. The molecule has 2 heterocycles. The van der Waals surface area contributed by atoms with Gasteiger partial charge in [-0.25, -0.2) is 8.42 Å². The molecule has 2 N–H and O–H groups in total. The van der Waals surface area contributed by atoms with E-state index in [1.807, 2.05) is 36.4 Å². The summed E-state index contributed by atoms with van der Waals surface area (Å²) in [5.74, 6) is 0.126. The zero-order valence-corrected chi connectivity index (χ0v) is 19.5. The highest BCUT2D eigenvalue weighted by Gasteiger charge is 2.40. The molecule has 0 radical (unpaired) electrons. The normalized spacial score (nSPS) is 17.5. The standard InChI is InChI=1S/C24H25N3O4S2/c28-15-12-22(20-7-4-13-25-17-20)26-23(29)24-27(14-16-32-24)33(30,31)21-10-8-19(9-11-21)18-5-2-1-3-6-18/h1-11,13,17,22,24,28H,12,14-16H2,(H,26,29). The van der Waals surface area contributed by atoms with Crippen molar-refractivity contribution in [2.24, 2.45) is 0 Å². The van der Waals surface area contributed by atoms with Crippen molar-refractivity contribution in [1.82, 2.24) is 14.6 Å². The second-order valence-corrected chi connectivity index (χ2v) is 10.7. The van der Waals surface area contributed by atoms with Gasteiger partial charge in [-0.3, -0.25) is 9.78 Å². The molecule has 3 aromatic rings. The summed E-state index contributed by atoms with van der Waals surface area (Å²) >= 11 is 1.29. The van der Waals surface area contributed by atoms with Gasteiger partial charge in [-0.2, -0.15) is 4.31 Å². The third kappa shape index (κ3) is 5.27. The van der Waals surface area contributed by atoms with Gasteiger partial charge in [-0.1, -0.05) is 48.5 Å². The molecule has 172 valence electrons. The van der Waals surface area contributed by atoms with Crippen molar-refractivity contribution in [3.05, 3.63) is 84.7 Å². The van der Waals surface area contributed by atoms with Gasteiger partial charge in [-0.15, -0.1) is 11.8 Å². The van der Waals surface area contributed by atoms with Crippen molar-refractivity contribution >= 4 is 27.7 Å². The molecule has 1 aromatic heterocycles. The van der Waals surface area contributed by atoms with E-state index in [1.54, 1.807) is 42.7 Å². The van der Waals surface area contributed by atoms with Crippen molar-refractivity contribution < 1.29 is 18.3 Å². The molecule has 0 spiro atoms. The molecule has 2 unspecified atom stereocenters. The summed E-state index contributed by atoms with van der Waals surface area (Å²) < 4.78 is 28.0. The molecule has 1 aliphatic rings. The Kier molecular flexibility index (Phi) is 7.44. The van der Waals surface area contributed by atoms with Gasteiger partial charge in [0.25, 0.3) is 0 Å². The summed E-state index contributed by atoms with van der Waals surface area (Å²) in [4.78, 5) is 17.3. The number of carbonyl (C=O) groups is 1. The molecule has 7 nitrogen and oxygen atoms in total. The molecule has 1 fully saturated rings. The van der Waals surface area contributed by atoms with Gasteiger partial charge in [0, 0.05) is 31.3 Å². The first-order valence-electron chi connectivity index (χ1n) is 10.6. The van der Waals surface area contributed by atoms with E-state index in [1.165, 1.54) is 16.1 Å². The predicted molar refractivity (Wildman–Crippen MR) is 129 cm³/mol. The van der Waals surface area contributed by atoms with Crippen LogP contribution in [0.15, 0.2) is 84.0 Å². The van der Waals surface area contributed by atoms with Crippen LogP contribution >= 0.6 is 11.8 Å². The molecule has 0 saturated carbocycles. The SMILES string of the molecule is O=C(NC(CCO)c1cccnc1)C1SCCN1S(=O)(=O)c1ccc(-c2ccccc2)cc1. The Morgan fingerprint density at radius 3 is 2.48 bits per heavy atom. The summed E-state index contributed by atoms with van der Waals surface area (Å²) in [7, 11) is -3.85. The first-order chi connectivity index (χ1) is 16.0. The van der Waals surface area contributed by atoms with E-state index in [2.05, 4.69) is 10.3 Å². The largest absolute Gasteiger partial charge is 0.396 e. The zero-order valence-electron chi connectivity index (χ0n) is 17.9. The summed E-state index contributed by atoms with van der Waals surface area (Å²) in [6.07, 6.45) is 3.57. The molecule has 0 aliphatic carbocycles. The van der Waals surface area contributed by atoms with Crippen LogP contribution in [0, 0.1) is 0 Å². The van der Waals surface area contributed by atoms with Gasteiger partial charge in [-0.05, 0) is 41.3 Å². The summed E-state index contributed by atoms with van der Waals surface area (Å²) in [6.45, 7) is 0.135. The minimum atomic E-state index is -3.85. The van der Waals surface area contributed by atoms with Gasteiger partial charge < -0.3 is 10.4 Å². The predicted octanol–water partition coefficient (Wildman–Crippen LogP) is 3.05. The lowest BCUT2D eigenvalue weighted by atomic mass is 10.1. The van der Waals surface area contributed by atoms with Crippen molar-refractivity contribution in [1.29, 1.82) is 0 Å². The lowest BCUT2D eigenvalue weighted by Crippen LogP contribution is -2.45. The van der Waals surface area contributed by atoms with Crippen molar-refractivity contribution in [3.8, 4) is 11.1 Å². The molecule has 33 heavy (non-hydrogen) atoms. The molecule has 1 saturated heterocycles. The minimum absolute atomic E-state index is 0.118. The average molecular weight is 484 g/mol. The fourth-order valence-electron chi connectivity index (χ4n) is 3.77. The lowest BCUT2D eigenvalue weighted by Gasteiger charge is -2.25. The molecule has 2 aromatic carbocycles.